The number of ketones is 1. The van der Waals surface area contributed by atoms with E-state index in [1.165, 1.54) is 25.3 Å². The van der Waals surface area contributed by atoms with Gasteiger partial charge in [-0.15, -0.1) is 0 Å². The predicted molar refractivity (Wildman–Crippen MR) is 85.9 cm³/mol. The quantitative estimate of drug-likeness (QED) is 0.595. The lowest BCUT2D eigenvalue weighted by atomic mass is 10.0. The Morgan fingerprint density at radius 3 is 2.75 bits per heavy atom. The number of nitrogens with zero attached hydrogens (tertiary/aromatic N) is 3. The van der Waals surface area contributed by atoms with Gasteiger partial charge in [-0.2, -0.15) is 5.26 Å². The largest absolute Gasteiger partial charge is 0.456 e. The Labute approximate surface area is 138 Å². The number of hydrogen-bond donors (Lipinski definition) is 0. The summed E-state index contributed by atoms with van der Waals surface area (Å²) in [6.07, 6.45) is 2.02. The Morgan fingerprint density at radius 1 is 1.42 bits per heavy atom. The SMILES string of the molecule is CCc1c([N+](=O)[O-])ccc(Oc2ccnc(CC(C)=O)c2)c1C#N. The molecule has 0 N–H and O–H groups in total. The van der Waals surface area contributed by atoms with E-state index in [1.807, 2.05) is 6.07 Å². The van der Waals surface area contributed by atoms with Crippen molar-refractivity contribution in [3.8, 4) is 17.6 Å². The van der Waals surface area contributed by atoms with Crippen LogP contribution in [0.5, 0.6) is 11.5 Å². The highest BCUT2D eigenvalue weighted by Gasteiger charge is 2.20. The lowest BCUT2D eigenvalue weighted by molar-refractivity contribution is -0.385. The van der Waals surface area contributed by atoms with Crippen LogP contribution in [0.1, 0.15) is 30.7 Å². The Balaban J connectivity index is 2.42. The Hall–Kier alpha value is -3.27. The van der Waals surface area contributed by atoms with Gasteiger partial charge in [0.1, 0.15) is 28.9 Å². The smallest absolute Gasteiger partial charge is 0.274 e. The minimum absolute atomic E-state index is 0.0269. The number of aromatic nitrogens is 1. The van der Waals surface area contributed by atoms with Gasteiger partial charge >= 0.3 is 0 Å². The maximum Gasteiger partial charge on any atom is 0.274 e. The number of nitro groups is 1. The first-order chi connectivity index (χ1) is 11.5. The molecule has 0 fully saturated rings. The number of nitriles is 1. The Kier molecular flexibility index (Phi) is 5.22. The molecule has 0 unspecified atom stereocenters. The zero-order valence-corrected chi connectivity index (χ0v) is 13.3. The molecular formula is C17H15N3O4. The Bertz CT molecular complexity index is 840. The van der Waals surface area contributed by atoms with Crippen LogP contribution in [-0.2, 0) is 17.6 Å². The van der Waals surface area contributed by atoms with Crippen molar-refractivity contribution in [1.29, 1.82) is 5.26 Å². The number of Topliss-reactive ketones (excluding diaryl/α,β-unsaturated/α-hetero) is 1. The minimum atomic E-state index is -0.513. The van der Waals surface area contributed by atoms with Crippen LogP contribution in [0.3, 0.4) is 0 Å². The highest BCUT2D eigenvalue weighted by molar-refractivity contribution is 5.77. The van der Waals surface area contributed by atoms with Crippen molar-refractivity contribution in [2.75, 3.05) is 0 Å². The van der Waals surface area contributed by atoms with E-state index in [9.17, 15) is 20.2 Å². The molecule has 1 aromatic heterocycles. The second-order valence-electron chi connectivity index (χ2n) is 5.12. The highest BCUT2D eigenvalue weighted by Crippen LogP contribution is 2.33. The number of benzene rings is 1. The van der Waals surface area contributed by atoms with Crippen molar-refractivity contribution in [3.63, 3.8) is 0 Å². The topological polar surface area (TPSA) is 106 Å². The zero-order valence-electron chi connectivity index (χ0n) is 13.3. The molecule has 0 aliphatic carbocycles. The van der Waals surface area contributed by atoms with Gasteiger partial charge in [-0.1, -0.05) is 6.92 Å². The van der Waals surface area contributed by atoms with Crippen LogP contribution in [0.15, 0.2) is 30.5 Å². The normalized spacial score (nSPS) is 10.0. The zero-order chi connectivity index (χ0) is 17.7. The third kappa shape index (κ3) is 3.73. The summed E-state index contributed by atoms with van der Waals surface area (Å²) in [6.45, 7) is 3.21. The van der Waals surface area contributed by atoms with E-state index in [-0.39, 0.29) is 29.2 Å². The van der Waals surface area contributed by atoms with Gasteiger partial charge < -0.3 is 4.74 Å². The van der Waals surface area contributed by atoms with E-state index in [1.54, 1.807) is 19.1 Å². The molecule has 0 aliphatic rings. The maximum absolute atomic E-state index is 11.2. The molecular weight excluding hydrogens is 310 g/mol. The van der Waals surface area contributed by atoms with E-state index >= 15 is 0 Å². The summed E-state index contributed by atoms with van der Waals surface area (Å²) >= 11 is 0. The number of nitro benzene ring substituents is 1. The molecule has 0 bridgehead atoms. The van der Waals surface area contributed by atoms with Crippen LogP contribution < -0.4 is 4.74 Å². The minimum Gasteiger partial charge on any atom is -0.456 e. The van der Waals surface area contributed by atoms with Gasteiger partial charge in [-0.3, -0.25) is 19.9 Å². The second kappa shape index (κ2) is 7.33. The fourth-order valence-corrected chi connectivity index (χ4v) is 2.35. The van der Waals surface area contributed by atoms with E-state index in [4.69, 9.17) is 4.74 Å². The number of carbonyl (C=O) groups is 1. The molecule has 122 valence electrons. The van der Waals surface area contributed by atoms with Crippen LogP contribution in [0.2, 0.25) is 0 Å². The highest BCUT2D eigenvalue weighted by atomic mass is 16.6. The van der Waals surface area contributed by atoms with Crippen molar-refractivity contribution >= 4 is 11.5 Å². The van der Waals surface area contributed by atoms with Crippen molar-refractivity contribution in [2.45, 2.75) is 26.7 Å². The third-order valence-electron chi connectivity index (χ3n) is 3.36. The standard InChI is InChI=1S/C17H15N3O4/c1-3-14-15(10-18)17(5-4-16(14)20(22)23)24-13-6-7-19-12(9-13)8-11(2)21/h4-7,9H,3,8H2,1-2H3. The van der Waals surface area contributed by atoms with Crippen LogP contribution in [0, 0.1) is 21.4 Å². The fraction of sp³-hybridized carbons (Fsp3) is 0.235. The lowest BCUT2D eigenvalue weighted by Crippen LogP contribution is -2.01. The van der Waals surface area contributed by atoms with Crippen LogP contribution in [0.4, 0.5) is 5.69 Å². The summed E-state index contributed by atoms with van der Waals surface area (Å²) in [5.41, 5.74) is 0.916. The van der Waals surface area contributed by atoms with Crippen molar-refractivity contribution in [3.05, 3.63) is 57.4 Å². The van der Waals surface area contributed by atoms with Crippen LogP contribution in [-0.4, -0.2) is 15.7 Å². The van der Waals surface area contributed by atoms with Gasteiger partial charge in [0.2, 0.25) is 0 Å². The monoisotopic (exact) mass is 325 g/mol. The summed E-state index contributed by atoms with van der Waals surface area (Å²) in [5.74, 6) is 0.620. The summed E-state index contributed by atoms with van der Waals surface area (Å²) in [7, 11) is 0. The van der Waals surface area contributed by atoms with Crippen molar-refractivity contribution < 1.29 is 14.5 Å². The first kappa shape index (κ1) is 17.1. The van der Waals surface area contributed by atoms with Crippen LogP contribution >= 0.6 is 0 Å². The number of hydrogen-bond acceptors (Lipinski definition) is 6. The molecule has 0 atom stereocenters. The van der Waals surface area contributed by atoms with Crippen molar-refractivity contribution in [1.82, 2.24) is 4.98 Å². The molecule has 7 heteroatoms. The maximum atomic E-state index is 11.2. The second-order valence-corrected chi connectivity index (χ2v) is 5.12. The average Bonchev–Trinajstić information content (AvgIpc) is 2.53. The number of pyridine rings is 1. The predicted octanol–water partition coefficient (Wildman–Crippen LogP) is 3.35. The number of ether oxygens (including phenoxy) is 1. The van der Waals surface area contributed by atoms with Crippen LogP contribution in [0.25, 0.3) is 0 Å². The molecule has 0 spiro atoms. The summed E-state index contributed by atoms with van der Waals surface area (Å²) in [4.78, 5) is 25.8. The number of carbonyl (C=O) groups excluding carboxylic acids is 1. The average molecular weight is 325 g/mol. The van der Waals surface area contributed by atoms with E-state index < -0.39 is 4.92 Å². The molecule has 1 aromatic carbocycles. The van der Waals surface area contributed by atoms with Gasteiger partial charge in [-0.25, -0.2) is 0 Å². The van der Waals surface area contributed by atoms with E-state index in [2.05, 4.69) is 4.98 Å². The summed E-state index contributed by atoms with van der Waals surface area (Å²) in [6, 6.07) is 7.91. The molecule has 0 saturated carbocycles. The third-order valence-corrected chi connectivity index (χ3v) is 3.36. The lowest BCUT2D eigenvalue weighted by Gasteiger charge is -2.11. The van der Waals surface area contributed by atoms with Gasteiger partial charge in [0.15, 0.2) is 0 Å². The van der Waals surface area contributed by atoms with E-state index in [0.717, 1.165) is 0 Å². The molecule has 0 amide bonds. The van der Waals surface area contributed by atoms with Gasteiger partial charge in [0, 0.05) is 24.8 Å². The van der Waals surface area contributed by atoms with Gasteiger partial charge in [0.25, 0.3) is 5.69 Å². The molecule has 0 aliphatic heterocycles. The Morgan fingerprint density at radius 2 is 2.17 bits per heavy atom. The fourth-order valence-electron chi connectivity index (χ4n) is 2.35. The molecule has 0 radical (unpaired) electrons. The molecule has 0 saturated heterocycles. The molecule has 24 heavy (non-hydrogen) atoms. The molecule has 2 aromatic rings. The summed E-state index contributed by atoms with van der Waals surface area (Å²) in [5, 5.41) is 20.5. The van der Waals surface area contributed by atoms with Gasteiger partial charge in [0.05, 0.1) is 16.2 Å². The first-order valence-corrected chi connectivity index (χ1v) is 7.28. The number of rotatable bonds is 6. The first-order valence-electron chi connectivity index (χ1n) is 7.28. The van der Waals surface area contributed by atoms with Gasteiger partial charge in [-0.05, 0) is 25.5 Å². The summed E-state index contributed by atoms with van der Waals surface area (Å²) < 4.78 is 5.70. The molecule has 1 heterocycles. The van der Waals surface area contributed by atoms with E-state index in [0.29, 0.717) is 23.4 Å². The van der Waals surface area contributed by atoms with Crippen molar-refractivity contribution in [2.24, 2.45) is 0 Å². The molecule has 2 rings (SSSR count). The molecule has 7 nitrogen and oxygen atoms in total.